The van der Waals surface area contributed by atoms with Crippen molar-refractivity contribution in [3.05, 3.63) is 27.8 Å². The van der Waals surface area contributed by atoms with E-state index in [9.17, 15) is 28.8 Å². The van der Waals surface area contributed by atoms with Gasteiger partial charge in [0.05, 0.1) is 18.6 Å². The van der Waals surface area contributed by atoms with Crippen LogP contribution < -0.4 is 10.5 Å². The average molecular weight is 357 g/mol. The smallest absolute Gasteiger partial charge is 0.379 e. The van der Waals surface area contributed by atoms with Crippen LogP contribution in [0.2, 0.25) is 0 Å². The van der Waals surface area contributed by atoms with Crippen molar-refractivity contribution >= 4 is 24.1 Å². The summed E-state index contributed by atoms with van der Waals surface area (Å²) in [5.74, 6) is -7.20. The predicted molar refractivity (Wildman–Crippen MR) is 77.1 cm³/mol. The molecule has 0 unspecified atom stereocenters. The van der Waals surface area contributed by atoms with Gasteiger partial charge < -0.3 is 20.3 Å². The number of esters is 1. The number of carbonyl (C=O) groups is 1. The molecular formula is C12H15ClF2N2O6. The lowest BCUT2D eigenvalue weighted by Crippen LogP contribution is -2.41. The summed E-state index contributed by atoms with van der Waals surface area (Å²) in [6.07, 6.45) is 0. The van der Waals surface area contributed by atoms with Crippen LogP contribution in [0, 0.1) is 10.1 Å². The normalized spacial score (nSPS) is 12.0. The van der Waals surface area contributed by atoms with E-state index in [1.807, 2.05) is 0 Å². The van der Waals surface area contributed by atoms with Crippen LogP contribution in [0.5, 0.6) is 11.5 Å². The highest BCUT2D eigenvalue weighted by Gasteiger charge is 2.48. The van der Waals surface area contributed by atoms with E-state index < -0.39 is 45.6 Å². The molecule has 0 bridgehead atoms. The van der Waals surface area contributed by atoms with Gasteiger partial charge in [-0.15, -0.1) is 12.4 Å². The van der Waals surface area contributed by atoms with Crippen LogP contribution in [0.1, 0.15) is 18.5 Å². The van der Waals surface area contributed by atoms with Gasteiger partial charge in [0.2, 0.25) is 5.75 Å². The summed E-state index contributed by atoms with van der Waals surface area (Å²) in [6.45, 7) is 1.06. The van der Waals surface area contributed by atoms with Gasteiger partial charge in [0.1, 0.15) is 6.04 Å². The molecule has 0 heterocycles. The third-order valence-electron chi connectivity index (χ3n) is 2.79. The monoisotopic (exact) mass is 356 g/mol. The fraction of sp³-hybridized carbons (Fsp3) is 0.417. The summed E-state index contributed by atoms with van der Waals surface area (Å²) in [5, 5.41) is 20.4. The topological polar surface area (TPSA) is 125 Å². The molecule has 0 spiro atoms. The molecule has 8 nitrogen and oxygen atoms in total. The van der Waals surface area contributed by atoms with Crippen LogP contribution >= 0.6 is 12.4 Å². The number of benzene rings is 1. The Morgan fingerprint density at radius 2 is 2.09 bits per heavy atom. The number of methoxy groups -OCH3 is 1. The standard InChI is InChI=1S/C12H14F2N2O6.ClH/c1-3-22-11(18)12(13,14)10(15)6-4-7(16(19)20)9(17)8(5-6)21-2;/h4-5,10,17H,3,15H2,1-2H3;1H/t10-;/m1./s1. The Balaban J connectivity index is 0.00000484. The molecule has 1 aromatic carbocycles. The van der Waals surface area contributed by atoms with Gasteiger partial charge in [0.15, 0.2) is 5.75 Å². The summed E-state index contributed by atoms with van der Waals surface area (Å²) in [4.78, 5) is 21.1. The molecule has 0 saturated heterocycles. The molecule has 0 radical (unpaired) electrons. The SMILES string of the molecule is CCOC(=O)C(F)(F)[C@H](N)c1cc(OC)c(O)c([N+](=O)[O-])c1.Cl. The molecule has 0 aliphatic rings. The minimum atomic E-state index is -4.11. The highest BCUT2D eigenvalue weighted by Crippen LogP contribution is 2.41. The number of phenolic OH excluding ortho intramolecular Hbond substituents is 1. The highest BCUT2D eigenvalue weighted by atomic mass is 35.5. The predicted octanol–water partition coefficient (Wildman–Crippen LogP) is 1.93. The third kappa shape index (κ3) is 4.17. The molecule has 11 heteroatoms. The molecule has 0 amide bonds. The Labute approximate surface area is 135 Å². The first-order valence-corrected chi connectivity index (χ1v) is 6.02. The number of aromatic hydroxyl groups is 1. The number of rotatable bonds is 6. The molecule has 130 valence electrons. The second kappa shape index (κ2) is 7.88. The van der Waals surface area contributed by atoms with Crippen LogP contribution in [0.3, 0.4) is 0 Å². The minimum Gasteiger partial charge on any atom is -0.500 e. The fourth-order valence-corrected chi connectivity index (χ4v) is 1.65. The maximum atomic E-state index is 13.9. The number of halogens is 3. The van der Waals surface area contributed by atoms with Gasteiger partial charge in [-0.2, -0.15) is 8.78 Å². The summed E-state index contributed by atoms with van der Waals surface area (Å²) in [5.41, 5.74) is 4.01. The zero-order valence-electron chi connectivity index (χ0n) is 12.1. The van der Waals surface area contributed by atoms with Crippen molar-refractivity contribution in [2.45, 2.75) is 18.9 Å². The van der Waals surface area contributed by atoms with E-state index in [-0.39, 0.29) is 19.0 Å². The number of hydrogen-bond acceptors (Lipinski definition) is 7. The molecule has 23 heavy (non-hydrogen) atoms. The van der Waals surface area contributed by atoms with Crippen molar-refractivity contribution in [2.75, 3.05) is 13.7 Å². The van der Waals surface area contributed by atoms with Crippen molar-refractivity contribution in [1.82, 2.24) is 0 Å². The van der Waals surface area contributed by atoms with Crippen molar-refractivity contribution < 1.29 is 33.1 Å². The lowest BCUT2D eigenvalue weighted by Gasteiger charge is -2.22. The molecule has 0 fully saturated rings. The van der Waals surface area contributed by atoms with Gasteiger partial charge in [-0.05, 0) is 18.6 Å². The number of nitrogens with two attached hydrogens (primary N) is 1. The van der Waals surface area contributed by atoms with Crippen LogP contribution in [0.25, 0.3) is 0 Å². The summed E-state index contributed by atoms with van der Waals surface area (Å²) in [7, 11) is 1.08. The Morgan fingerprint density at radius 3 is 2.52 bits per heavy atom. The number of nitro groups is 1. The first kappa shape index (κ1) is 20.8. The minimum absolute atomic E-state index is 0. The van der Waals surface area contributed by atoms with Gasteiger partial charge >= 0.3 is 17.6 Å². The van der Waals surface area contributed by atoms with Gasteiger partial charge in [-0.3, -0.25) is 10.1 Å². The van der Waals surface area contributed by atoms with E-state index in [4.69, 9.17) is 5.73 Å². The number of nitrogens with zero attached hydrogens (tertiary/aromatic N) is 1. The summed E-state index contributed by atoms with van der Waals surface area (Å²) in [6, 6.07) is -0.671. The molecule has 0 saturated carbocycles. The van der Waals surface area contributed by atoms with Crippen LogP contribution in [0.4, 0.5) is 14.5 Å². The maximum absolute atomic E-state index is 13.9. The first-order chi connectivity index (χ1) is 10.2. The Kier molecular flexibility index (Phi) is 7.13. The molecule has 1 rings (SSSR count). The van der Waals surface area contributed by atoms with Crippen LogP contribution in [0.15, 0.2) is 12.1 Å². The number of carbonyl (C=O) groups excluding carboxylic acids is 1. The summed E-state index contributed by atoms with van der Waals surface area (Å²) < 4.78 is 36.7. The molecule has 1 aromatic rings. The van der Waals surface area contributed by atoms with Crippen LogP contribution in [-0.2, 0) is 9.53 Å². The van der Waals surface area contributed by atoms with Crippen molar-refractivity contribution in [3.63, 3.8) is 0 Å². The average Bonchev–Trinajstić information content (AvgIpc) is 2.46. The van der Waals surface area contributed by atoms with E-state index in [1.54, 1.807) is 0 Å². The quantitative estimate of drug-likeness (QED) is 0.453. The molecular weight excluding hydrogens is 342 g/mol. The largest absolute Gasteiger partial charge is 0.500 e. The lowest BCUT2D eigenvalue weighted by molar-refractivity contribution is -0.386. The second-order valence-corrected chi connectivity index (χ2v) is 4.17. The Bertz CT molecular complexity index is 599. The van der Waals surface area contributed by atoms with E-state index in [0.717, 1.165) is 13.2 Å². The zero-order chi connectivity index (χ0) is 17.1. The van der Waals surface area contributed by atoms with E-state index in [0.29, 0.717) is 6.07 Å². The third-order valence-corrected chi connectivity index (χ3v) is 2.79. The van der Waals surface area contributed by atoms with E-state index in [2.05, 4.69) is 9.47 Å². The molecule has 0 aliphatic carbocycles. The fourth-order valence-electron chi connectivity index (χ4n) is 1.65. The Hall–Kier alpha value is -2.20. The highest BCUT2D eigenvalue weighted by molar-refractivity contribution is 5.85. The Morgan fingerprint density at radius 1 is 1.52 bits per heavy atom. The number of phenols is 1. The van der Waals surface area contributed by atoms with Crippen molar-refractivity contribution in [3.8, 4) is 11.5 Å². The molecule has 1 atom stereocenters. The molecule has 3 N–H and O–H groups in total. The number of alkyl halides is 2. The molecule has 0 aromatic heterocycles. The van der Waals surface area contributed by atoms with Crippen molar-refractivity contribution in [2.24, 2.45) is 5.73 Å². The van der Waals surface area contributed by atoms with Gasteiger partial charge in [0.25, 0.3) is 0 Å². The second-order valence-electron chi connectivity index (χ2n) is 4.17. The first-order valence-electron chi connectivity index (χ1n) is 6.02. The van der Waals surface area contributed by atoms with E-state index >= 15 is 0 Å². The number of nitro benzene ring substituents is 1. The van der Waals surface area contributed by atoms with E-state index in [1.165, 1.54) is 6.92 Å². The zero-order valence-corrected chi connectivity index (χ0v) is 12.9. The number of ether oxygens (including phenoxy) is 2. The molecule has 0 aliphatic heterocycles. The van der Waals surface area contributed by atoms with Crippen LogP contribution in [-0.4, -0.2) is 35.6 Å². The maximum Gasteiger partial charge on any atom is 0.379 e. The van der Waals surface area contributed by atoms with Gasteiger partial charge in [-0.25, -0.2) is 4.79 Å². The van der Waals surface area contributed by atoms with Crippen molar-refractivity contribution in [1.29, 1.82) is 0 Å². The summed E-state index contributed by atoms with van der Waals surface area (Å²) >= 11 is 0. The van der Waals surface area contributed by atoms with Gasteiger partial charge in [0, 0.05) is 6.07 Å². The lowest BCUT2D eigenvalue weighted by atomic mass is 10.00. The van der Waals surface area contributed by atoms with Gasteiger partial charge in [-0.1, -0.05) is 0 Å². The number of hydrogen-bond donors (Lipinski definition) is 2.